The molecule has 0 atom stereocenters. The molecule has 132 valence electrons. The van der Waals surface area contributed by atoms with Gasteiger partial charge in [0.15, 0.2) is 0 Å². The van der Waals surface area contributed by atoms with E-state index in [1.54, 1.807) is 12.3 Å². The van der Waals surface area contributed by atoms with Crippen LogP contribution < -0.4 is 5.73 Å². The Morgan fingerprint density at radius 3 is 1.96 bits per heavy atom. The Morgan fingerprint density at radius 1 is 0.643 bits per heavy atom. The number of nitrogens with two attached hydrogens (primary N) is 1. The van der Waals surface area contributed by atoms with E-state index >= 15 is 0 Å². The quantitative estimate of drug-likeness (QED) is 0.339. The van der Waals surface area contributed by atoms with Gasteiger partial charge < -0.3 is 5.73 Å². The van der Waals surface area contributed by atoms with Gasteiger partial charge in [0.2, 0.25) is 5.95 Å². The Kier molecular flexibility index (Phi) is 2.93. The third kappa shape index (κ3) is 1.92. The second-order valence-electron chi connectivity index (χ2n) is 7.02. The van der Waals surface area contributed by atoms with Crippen molar-refractivity contribution in [3.05, 3.63) is 78.7 Å². The molecule has 6 aromatic rings. The van der Waals surface area contributed by atoms with Crippen molar-refractivity contribution < 1.29 is 4.39 Å². The maximum Gasteiger partial charge on any atom is 0.220 e. The number of hydrogen-bond donors (Lipinski definition) is 1. The first-order chi connectivity index (χ1) is 13.7. The summed E-state index contributed by atoms with van der Waals surface area (Å²) in [6.07, 6.45) is 1.76. The van der Waals surface area contributed by atoms with Crippen LogP contribution in [0.4, 0.5) is 10.3 Å². The van der Waals surface area contributed by atoms with Gasteiger partial charge in [-0.25, -0.2) is 14.4 Å². The molecular formula is C24H14FN3. The molecule has 1 heterocycles. The zero-order valence-electron chi connectivity index (χ0n) is 14.8. The molecular weight excluding hydrogens is 349 g/mol. The highest BCUT2D eigenvalue weighted by molar-refractivity contribution is 6.38. The first-order valence-electron chi connectivity index (χ1n) is 9.09. The van der Waals surface area contributed by atoms with E-state index in [0.29, 0.717) is 0 Å². The third-order valence-electron chi connectivity index (χ3n) is 5.52. The van der Waals surface area contributed by atoms with Gasteiger partial charge in [0.05, 0.1) is 5.52 Å². The first kappa shape index (κ1) is 15.3. The minimum Gasteiger partial charge on any atom is -0.368 e. The number of anilines is 1. The van der Waals surface area contributed by atoms with Crippen LogP contribution in [0.2, 0.25) is 0 Å². The Bertz CT molecular complexity index is 1470. The molecule has 0 unspecified atom stereocenters. The average Bonchev–Trinajstić information content (AvgIpc) is 2.73. The smallest absolute Gasteiger partial charge is 0.220 e. The van der Waals surface area contributed by atoms with Crippen molar-refractivity contribution in [2.24, 2.45) is 0 Å². The van der Waals surface area contributed by atoms with Crippen LogP contribution >= 0.6 is 0 Å². The molecule has 3 nitrogen and oxygen atoms in total. The minimum absolute atomic E-state index is 0.210. The fourth-order valence-electron chi connectivity index (χ4n) is 4.41. The third-order valence-corrected chi connectivity index (χ3v) is 5.52. The number of halogens is 1. The lowest BCUT2D eigenvalue weighted by atomic mass is 9.89. The van der Waals surface area contributed by atoms with E-state index in [1.807, 2.05) is 30.3 Å². The molecule has 4 heteroatoms. The van der Waals surface area contributed by atoms with Gasteiger partial charge in [-0.05, 0) is 44.5 Å². The standard InChI is InChI=1S/C24H14FN3/c25-13-9-10-16-14-5-1-3-7-17(14)21-18-8-4-2-6-15(18)20-12-27-24(26)28-23(20)22(21)19(16)11-13/h1-12H,(H2,26,27,28). The molecule has 0 aliphatic carbocycles. The lowest BCUT2D eigenvalue weighted by Crippen LogP contribution is -1.96. The number of nitrogens with zero attached hydrogens (tertiary/aromatic N) is 2. The second-order valence-corrected chi connectivity index (χ2v) is 7.02. The molecule has 0 amide bonds. The lowest BCUT2D eigenvalue weighted by molar-refractivity contribution is 0.630. The van der Waals surface area contributed by atoms with E-state index in [2.05, 4.69) is 34.2 Å². The van der Waals surface area contributed by atoms with Gasteiger partial charge in [0, 0.05) is 22.4 Å². The topological polar surface area (TPSA) is 51.8 Å². The van der Waals surface area contributed by atoms with Crippen molar-refractivity contribution in [2.45, 2.75) is 0 Å². The predicted molar refractivity (Wildman–Crippen MR) is 114 cm³/mol. The molecule has 0 saturated heterocycles. The highest BCUT2D eigenvalue weighted by atomic mass is 19.1. The molecule has 2 N–H and O–H groups in total. The average molecular weight is 363 g/mol. The Labute approximate surface area is 159 Å². The molecule has 0 aliphatic rings. The van der Waals surface area contributed by atoms with E-state index in [0.717, 1.165) is 54.0 Å². The predicted octanol–water partition coefficient (Wildman–Crippen LogP) is 5.96. The van der Waals surface area contributed by atoms with Crippen molar-refractivity contribution in [1.82, 2.24) is 9.97 Å². The summed E-state index contributed by atoms with van der Waals surface area (Å²) in [5.74, 6) is -0.0609. The van der Waals surface area contributed by atoms with Crippen molar-refractivity contribution in [3.63, 3.8) is 0 Å². The molecule has 28 heavy (non-hydrogen) atoms. The number of benzene rings is 5. The number of nitrogen functional groups attached to an aromatic ring is 1. The number of rotatable bonds is 0. The summed E-state index contributed by atoms with van der Waals surface area (Å²) in [6.45, 7) is 0. The highest BCUT2D eigenvalue weighted by Crippen LogP contribution is 2.43. The van der Waals surface area contributed by atoms with Crippen LogP contribution in [0.5, 0.6) is 0 Å². The van der Waals surface area contributed by atoms with Crippen molar-refractivity contribution in [2.75, 3.05) is 5.73 Å². The number of hydrogen-bond acceptors (Lipinski definition) is 3. The van der Waals surface area contributed by atoms with Crippen molar-refractivity contribution in [3.8, 4) is 0 Å². The molecule has 5 aromatic carbocycles. The van der Waals surface area contributed by atoms with Gasteiger partial charge in [-0.1, -0.05) is 54.6 Å². The molecule has 0 aliphatic heterocycles. The zero-order valence-corrected chi connectivity index (χ0v) is 14.8. The van der Waals surface area contributed by atoms with Gasteiger partial charge in [0.25, 0.3) is 0 Å². The van der Waals surface area contributed by atoms with Gasteiger partial charge in [0.1, 0.15) is 5.82 Å². The molecule has 1 aromatic heterocycles. The molecule has 0 fully saturated rings. The summed E-state index contributed by atoms with van der Waals surface area (Å²) in [5.41, 5.74) is 6.70. The van der Waals surface area contributed by atoms with E-state index in [4.69, 9.17) is 5.73 Å². The molecule has 0 radical (unpaired) electrons. The van der Waals surface area contributed by atoms with E-state index < -0.39 is 0 Å². The van der Waals surface area contributed by atoms with Crippen molar-refractivity contribution in [1.29, 1.82) is 0 Å². The van der Waals surface area contributed by atoms with Crippen LogP contribution in [0.1, 0.15) is 0 Å². The van der Waals surface area contributed by atoms with Crippen molar-refractivity contribution >= 4 is 59.9 Å². The Hall–Kier alpha value is -3.79. The zero-order chi connectivity index (χ0) is 18.8. The second kappa shape index (κ2) is 5.36. The van der Waals surface area contributed by atoms with Crippen LogP contribution in [-0.2, 0) is 0 Å². The molecule has 6 rings (SSSR count). The Balaban J connectivity index is 2.12. The fourth-order valence-corrected chi connectivity index (χ4v) is 4.41. The molecule has 0 spiro atoms. The monoisotopic (exact) mass is 363 g/mol. The van der Waals surface area contributed by atoms with E-state index in [-0.39, 0.29) is 11.8 Å². The lowest BCUT2D eigenvalue weighted by Gasteiger charge is -2.15. The molecule has 0 bridgehead atoms. The number of fused-ring (bicyclic) bond motifs is 11. The maximum atomic E-state index is 14.3. The van der Waals surface area contributed by atoms with Crippen LogP contribution in [0.25, 0.3) is 54.0 Å². The molecule has 0 saturated carbocycles. The number of aromatic nitrogens is 2. The fraction of sp³-hybridized carbons (Fsp3) is 0. The summed E-state index contributed by atoms with van der Waals surface area (Å²) in [4.78, 5) is 8.80. The van der Waals surface area contributed by atoms with Crippen LogP contribution in [-0.4, -0.2) is 9.97 Å². The SMILES string of the molecule is Nc1ncc2c3ccccc3c3c4ccccc4c4ccc(F)cc4c3c2n1. The Morgan fingerprint density at radius 2 is 1.25 bits per heavy atom. The highest BCUT2D eigenvalue weighted by Gasteiger charge is 2.17. The summed E-state index contributed by atoms with van der Waals surface area (Å²) < 4.78 is 14.3. The normalized spacial score (nSPS) is 11.9. The summed E-state index contributed by atoms with van der Waals surface area (Å²) in [7, 11) is 0. The van der Waals surface area contributed by atoms with Gasteiger partial charge in [-0.2, -0.15) is 0 Å². The minimum atomic E-state index is -0.271. The maximum absolute atomic E-state index is 14.3. The van der Waals surface area contributed by atoms with Crippen LogP contribution in [0, 0.1) is 5.82 Å². The summed E-state index contributed by atoms with van der Waals surface area (Å²) in [5, 5.41) is 9.10. The largest absolute Gasteiger partial charge is 0.368 e. The summed E-state index contributed by atoms with van der Waals surface area (Å²) >= 11 is 0. The van der Waals surface area contributed by atoms with E-state index in [9.17, 15) is 4.39 Å². The van der Waals surface area contributed by atoms with Gasteiger partial charge in [-0.15, -0.1) is 0 Å². The van der Waals surface area contributed by atoms with Gasteiger partial charge in [-0.3, -0.25) is 0 Å². The van der Waals surface area contributed by atoms with Crippen LogP contribution in [0.3, 0.4) is 0 Å². The van der Waals surface area contributed by atoms with E-state index in [1.165, 1.54) is 6.07 Å². The van der Waals surface area contributed by atoms with Gasteiger partial charge >= 0.3 is 0 Å². The first-order valence-corrected chi connectivity index (χ1v) is 9.09. The summed E-state index contributed by atoms with van der Waals surface area (Å²) in [6, 6.07) is 21.4. The van der Waals surface area contributed by atoms with Crippen LogP contribution in [0.15, 0.2) is 72.9 Å².